The van der Waals surface area contributed by atoms with Crippen LogP contribution in [0.5, 0.6) is 0 Å². The predicted molar refractivity (Wildman–Crippen MR) is 80.3 cm³/mol. The Labute approximate surface area is 121 Å². The molecule has 0 bridgehead atoms. The quantitative estimate of drug-likeness (QED) is 0.620. The van der Waals surface area contributed by atoms with Gasteiger partial charge in [0.05, 0.1) is 0 Å². The summed E-state index contributed by atoms with van der Waals surface area (Å²) in [5.74, 6) is 0.630. The molecule has 0 aromatic carbocycles. The number of amides is 2. The van der Waals surface area contributed by atoms with Crippen LogP contribution in [0.25, 0.3) is 0 Å². The molecule has 1 fully saturated rings. The van der Waals surface area contributed by atoms with Crippen molar-refractivity contribution < 1.29 is 9.59 Å². The van der Waals surface area contributed by atoms with Gasteiger partial charge in [0, 0.05) is 37.6 Å². The van der Waals surface area contributed by atoms with Gasteiger partial charge >= 0.3 is 0 Å². The summed E-state index contributed by atoms with van der Waals surface area (Å²) in [6.45, 7) is 9.11. The number of carbonyl (C=O) groups excluding carboxylic acids is 2. The van der Waals surface area contributed by atoms with Crippen LogP contribution in [0.1, 0.15) is 53.4 Å². The Morgan fingerprint density at radius 2 is 1.90 bits per heavy atom. The molecule has 1 heterocycles. The molecule has 0 aliphatic carbocycles. The second-order valence-corrected chi connectivity index (χ2v) is 5.71. The van der Waals surface area contributed by atoms with E-state index in [1.54, 1.807) is 0 Å². The molecule has 0 saturated carbocycles. The van der Waals surface area contributed by atoms with Crippen LogP contribution >= 0.6 is 0 Å². The van der Waals surface area contributed by atoms with E-state index >= 15 is 0 Å². The zero-order chi connectivity index (χ0) is 15.1. The van der Waals surface area contributed by atoms with Gasteiger partial charge < -0.3 is 4.90 Å². The van der Waals surface area contributed by atoms with Crippen LogP contribution in [-0.4, -0.2) is 35.5 Å². The summed E-state index contributed by atoms with van der Waals surface area (Å²) >= 11 is 0. The zero-order valence-electron chi connectivity index (χ0n) is 13.1. The Kier molecular flexibility index (Phi) is 6.68. The smallest absolute Gasteiger partial charge is 0.236 e. The van der Waals surface area contributed by atoms with Crippen LogP contribution in [-0.2, 0) is 9.59 Å². The Hall–Kier alpha value is -1.39. The van der Waals surface area contributed by atoms with E-state index in [1.807, 2.05) is 18.7 Å². The first-order valence-electron chi connectivity index (χ1n) is 7.55. The first kappa shape index (κ1) is 16.7. The second kappa shape index (κ2) is 8.02. The summed E-state index contributed by atoms with van der Waals surface area (Å²) < 4.78 is 0. The molecule has 1 unspecified atom stereocenters. The molecule has 5 heteroatoms. The lowest BCUT2D eigenvalue weighted by atomic mass is 9.92. The summed E-state index contributed by atoms with van der Waals surface area (Å²) in [6, 6.07) is 0. The van der Waals surface area contributed by atoms with Crippen LogP contribution in [0.4, 0.5) is 0 Å². The van der Waals surface area contributed by atoms with Gasteiger partial charge in [-0.1, -0.05) is 20.3 Å². The highest BCUT2D eigenvalue weighted by atomic mass is 16.2. The number of carbonyl (C=O) groups is 2. The summed E-state index contributed by atoms with van der Waals surface area (Å²) in [4.78, 5) is 25.0. The van der Waals surface area contributed by atoms with E-state index in [9.17, 15) is 9.59 Å². The normalized spacial score (nSPS) is 18.8. The number of likely N-dealkylation sites (tertiary alicyclic amines) is 1. The molecule has 1 aliphatic heterocycles. The minimum absolute atomic E-state index is 0.130. The van der Waals surface area contributed by atoms with Crippen LogP contribution < -0.4 is 5.43 Å². The van der Waals surface area contributed by atoms with Crippen LogP contribution in [0.15, 0.2) is 5.10 Å². The Morgan fingerprint density at radius 3 is 2.40 bits per heavy atom. The fourth-order valence-corrected chi connectivity index (χ4v) is 2.64. The number of piperidine rings is 1. The average Bonchev–Trinajstić information content (AvgIpc) is 2.44. The maximum Gasteiger partial charge on any atom is 0.236 e. The second-order valence-electron chi connectivity index (χ2n) is 5.71. The molecule has 1 atom stereocenters. The number of rotatable bonds is 5. The number of hydrogen-bond donors (Lipinski definition) is 1. The topological polar surface area (TPSA) is 61.8 Å². The fourth-order valence-electron chi connectivity index (χ4n) is 2.64. The third-order valence-electron chi connectivity index (χ3n) is 3.93. The number of nitrogens with zero attached hydrogens (tertiary/aromatic N) is 2. The van der Waals surface area contributed by atoms with Gasteiger partial charge in [-0.15, -0.1) is 0 Å². The highest BCUT2D eigenvalue weighted by molar-refractivity contribution is 5.86. The molecule has 2 amide bonds. The zero-order valence-corrected chi connectivity index (χ0v) is 13.1. The van der Waals surface area contributed by atoms with E-state index in [0.29, 0.717) is 5.92 Å². The molecule has 114 valence electrons. The summed E-state index contributed by atoms with van der Waals surface area (Å²) in [5, 5.41) is 4.10. The molecular weight excluding hydrogens is 254 g/mol. The fraction of sp³-hybridized carbons (Fsp3) is 0.800. The standard InChI is InChI=1S/C15H27N3O2/c1-5-6-11(2)15(20)18-9-7-14(8-10-18)12(3)16-17-13(4)19/h11,14H,5-10H2,1-4H3,(H,17,19)/b16-12+. The number of hydrazone groups is 1. The molecule has 0 spiro atoms. The molecule has 5 nitrogen and oxygen atoms in total. The maximum absolute atomic E-state index is 12.2. The van der Waals surface area contributed by atoms with Gasteiger partial charge in [0.15, 0.2) is 0 Å². The lowest BCUT2D eigenvalue weighted by molar-refractivity contribution is -0.136. The van der Waals surface area contributed by atoms with Crippen molar-refractivity contribution in [2.45, 2.75) is 53.4 Å². The van der Waals surface area contributed by atoms with Crippen LogP contribution in [0, 0.1) is 11.8 Å². The highest BCUT2D eigenvalue weighted by Crippen LogP contribution is 2.21. The Morgan fingerprint density at radius 1 is 1.30 bits per heavy atom. The van der Waals surface area contributed by atoms with E-state index < -0.39 is 0 Å². The summed E-state index contributed by atoms with van der Waals surface area (Å²) in [6.07, 6.45) is 3.87. The van der Waals surface area contributed by atoms with Crippen LogP contribution in [0.2, 0.25) is 0 Å². The van der Waals surface area contributed by atoms with Gasteiger partial charge in [-0.3, -0.25) is 9.59 Å². The lowest BCUT2D eigenvalue weighted by Gasteiger charge is -2.33. The van der Waals surface area contributed by atoms with Crippen molar-refractivity contribution in [3.8, 4) is 0 Å². The van der Waals surface area contributed by atoms with Gasteiger partial charge in [-0.25, -0.2) is 5.43 Å². The minimum atomic E-state index is -0.148. The van der Waals surface area contributed by atoms with Crippen LogP contribution in [0.3, 0.4) is 0 Å². The van der Waals surface area contributed by atoms with Gasteiger partial charge in [-0.2, -0.15) is 5.10 Å². The summed E-state index contributed by atoms with van der Waals surface area (Å²) in [5.41, 5.74) is 3.43. The third kappa shape index (κ3) is 4.94. The van der Waals surface area contributed by atoms with Crippen molar-refractivity contribution in [1.29, 1.82) is 0 Å². The van der Waals surface area contributed by atoms with Gasteiger partial charge in [-0.05, 0) is 26.2 Å². The third-order valence-corrected chi connectivity index (χ3v) is 3.93. The first-order chi connectivity index (χ1) is 9.45. The highest BCUT2D eigenvalue weighted by Gasteiger charge is 2.26. The van der Waals surface area contributed by atoms with E-state index in [-0.39, 0.29) is 17.7 Å². The molecule has 0 aromatic rings. The minimum Gasteiger partial charge on any atom is -0.342 e. The van der Waals surface area contributed by atoms with Gasteiger partial charge in [0.25, 0.3) is 0 Å². The SMILES string of the molecule is CCCC(C)C(=O)N1CCC(/C(C)=N/NC(C)=O)CC1. The average molecular weight is 281 g/mol. The molecule has 1 saturated heterocycles. The molecule has 1 aliphatic rings. The number of hydrogen-bond acceptors (Lipinski definition) is 3. The van der Waals surface area contributed by atoms with Crippen molar-refractivity contribution in [3.63, 3.8) is 0 Å². The predicted octanol–water partition coefficient (Wildman–Crippen LogP) is 2.17. The van der Waals surface area contributed by atoms with E-state index in [2.05, 4.69) is 17.5 Å². The van der Waals surface area contributed by atoms with Crippen molar-refractivity contribution in [3.05, 3.63) is 0 Å². The monoisotopic (exact) mass is 281 g/mol. The first-order valence-corrected chi connectivity index (χ1v) is 7.55. The molecule has 1 rings (SSSR count). The maximum atomic E-state index is 12.2. The van der Waals surface area contributed by atoms with Crippen molar-refractivity contribution in [1.82, 2.24) is 10.3 Å². The van der Waals surface area contributed by atoms with Crippen molar-refractivity contribution in [2.24, 2.45) is 16.9 Å². The van der Waals surface area contributed by atoms with Gasteiger partial charge in [0.2, 0.25) is 11.8 Å². The van der Waals surface area contributed by atoms with E-state index in [4.69, 9.17) is 0 Å². The Balaban J connectivity index is 2.45. The van der Waals surface area contributed by atoms with Gasteiger partial charge in [0.1, 0.15) is 0 Å². The summed E-state index contributed by atoms with van der Waals surface area (Å²) in [7, 11) is 0. The molecular formula is C15H27N3O2. The van der Waals surface area contributed by atoms with Crippen molar-refractivity contribution >= 4 is 17.5 Å². The Bertz CT molecular complexity index is 371. The largest absolute Gasteiger partial charge is 0.342 e. The number of nitrogens with one attached hydrogen (secondary N) is 1. The molecule has 0 radical (unpaired) electrons. The van der Waals surface area contributed by atoms with E-state index in [0.717, 1.165) is 44.5 Å². The van der Waals surface area contributed by atoms with E-state index in [1.165, 1.54) is 6.92 Å². The van der Waals surface area contributed by atoms with Crippen molar-refractivity contribution in [2.75, 3.05) is 13.1 Å². The molecule has 20 heavy (non-hydrogen) atoms. The lowest BCUT2D eigenvalue weighted by Crippen LogP contribution is -2.42. The molecule has 1 N–H and O–H groups in total. The molecule has 0 aromatic heterocycles.